The van der Waals surface area contributed by atoms with Gasteiger partial charge in [0, 0.05) is 29.0 Å². The van der Waals surface area contributed by atoms with Crippen molar-refractivity contribution in [3.8, 4) is 16.3 Å². The Hall–Kier alpha value is -3.25. The third kappa shape index (κ3) is 3.20. The van der Waals surface area contributed by atoms with Gasteiger partial charge in [-0.05, 0) is 12.1 Å². The number of carbonyl (C=O) groups is 1. The van der Waals surface area contributed by atoms with Crippen LogP contribution in [-0.4, -0.2) is 20.4 Å². The van der Waals surface area contributed by atoms with Crippen LogP contribution in [0.2, 0.25) is 0 Å². The van der Waals surface area contributed by atoms with Crippen molar-refractivity contribution in [1.29, 1.82) is 0 Å². The Morgan fingerprint density at radius 3 is 2.48 bits per heavy atom. The largest absolute Gasteiger partial charge is 0.290 e. The number of benzene rings is 2. The molecule has 0 spiro atoms. The fraction of sp³-hybridized carbons (Fsp3) is 0. The third-order valence-electron chi connectivity index (χ3n) is 3.66. The summed E-state index contributed by atoms with van der Waals surface area (Å²) in [5.74, 6) is 0.187. The summed E-state index contributed by atoms with van der Waals surface area (Å²) in [6, 6.07) is 19.5. The lowest BCUT2D eigenvalue weighted by Gasteiger charge is -2.07. The van der Waals surface area contributed by atoms with E-state index < -0.39 is 0 Å². The van der Waals surface area contributed by atoms with Gasteiger partial charge in [-0.1, -0.05) is 48.5 Å². The first-order valence-electron chi connectivity index (χ1n) is 7.72. The topological polar surface area (TPSA) is 59.8 Å². The summed E-state index contributed by atoms with van der Waals surface area (Å²) in [7, 11) is 0. The van der Waals surface area contributed by atoms with Gasteiger partial charge in [-0.15, -0.1) is 11.3 Å². The minimum absolute atomic E-state index is 0.276. The van der Waals surface area contributed by atoms with Crippen LogP contribution >= 0.6 is 11.3 Å². The monoisotopic (exact) mass is 346 g/mol. The van der Waals surface area contributed by atoms with Crippen LogP contribution < -0.4 is 5.32 Å². The molecule has 0 fully saturated rings. The standard InChI is InChI=1S/C19H14N4OS/c24-17(16-13-25-18(21-16)14-7-3-1-4-8-14)22-19-20-11-12-23(19)15-9-5-2-6-10-15/h1-13H,(H,20,22,24). The van der Waals surface area contributed by atoms with Crippen molar-refractivity contribution in [1.82, 2.24) is 14.5 Å². The van der Waals surface area contributed by atoms with Crippen LogP contribution in [0.3, 0.4) is 0 Å². The minimum Gasteiger partial charge on any atom is -0.290 e. The number of hydrogen-bond donors (Lipinski definition) is 1. The first-order valence-corrected chi connectivity index (χ1v) is 8.60. The number of aromatic nitrogens is 3. The molecule has 25 heavy (non-hydrogen) atoms. The average Bonchev–Trinajstić information content (AvgIpc) is 3.33. The Bertz CT molecular complexity index is 992. The van der Waals surface area contributed by atoms with Crippen molar-refractivity contribution in [2.24, 2.45) is 0 Å². The van der Waals surface area contributed by atoms with Gasteiger partial charge in [0.15, 0.2) is 0 Å². The summed E-state index contributed by atoms with van der Waals surface area (Å²) in [5.41, 5.74) is 2.31. The van der Waals surface area contributed by atoms with Crippen molar-refractivity contribution in [2.45, 2.75) is 0 Å². The smallest absolute Gasteiger partial charge is 0.277 e. The van der Waals surface area contributed by atoms with Gasteiger partial charge in [-0.25, -0.2) is 9.97 Å². The molecule has 0 saturated heterocycles. The zero-order chi connectivity index (χ0) is 17.1. The average molecular weight is 346 g/mol. The summed E-state index contributed by atoms with van der Waals surface area (Å²) in [4.78, 5) is 21.2. The van der Waals surface area contributed by atoms with Crippen molar-refractivity contribution < 1.29 is 4.79 Å². The molecular weight excluding hydrogens is 332 g/mol. The number of anilines is 1. The molecule has 0 saturated carbocycles. The predicted octanol–water partition coefficient (Wildman–Crippen LogP) is 4.25. The second-order valence-corrected chi connectivity index (χ2v) is 6.17. The molecule has 1 amide bonds. The first kappa shape index (κ1) is 15.3. The number of hydrogen-bond acceptors (Lipinski definition) is 4. The van der Waals surface area contributed by atoms with Gasteiger partial charge in [0.2, 0.25) is 5.95 Å². The zero-order valence-corrected chi connectivity index (χ0v) is 14.0. The number of imidazole rings is 1. The Morgan fingerprint density at radius 1 is 1.00 bits per heavy atom. The van der Waals surface area contributed by atoms with Crippen LogP contribution in [0.15, 0.2) is 78.4 Å². The molecule has 4 rings (SSSR count). The molecule has 0 radical (unpaired) electrons. The maximum atomic E-state index is 12.5. The number of nitrogens with zero attached hydrogens (tertiary/aromatic N) is 3. The van der Waals surface area contributed by atoms with E-state index in [4.69, 9.17) is 0 Å². The number of rotatable bonds is 4. The van der Waals surface area contributed by atoms with E-state index in [0.717, 1.165) is 16.3 Å². The number of amides is 1. The van der Waals surface area contributed by atoms with Gasteiger partial charge < -0.3 is 0 Å². The summed E-state index contributed by atoms with van der Waals surface area (Å²) in [6.45, 7) is 0. The minimum atomic E-state index is -0.276. The number of para-hydroxylation sites is 1. The number of carbonyl (C=O) groups excluding carboxylic acids is 1. The van der Waals surface area contributed by atoms with Crippen molar-refractivity contribution in [3.05, 3.63) is 84.1 Å². The van der Waals surface area contributed by atoms with E-state index >= 15 is 0 Å². The van der Waals surface area contributed by atoms with Gasteiger partial charge in [0.1, 0.15) is 10.7 Å². The lowest BCUT2D eigenvalue weighted by molar-refractivity contribution is 0.102. The van der Waals surface area contributed by atoms with Gasteiger partial charge in [-0.2, -0.15) is 0 Å². The Kier molecular flexibility index (Phi) is 4.10. The number of thiazole rings is 1. The summed E-state index contributed by atoms with van der Waals surface area (Å²) < 4.78 is 1.82. The Morgan fingerprint density at radius 2 is 1.72 bits per heavy atom. The molecule has 4 aromatic rings. The van der Waals surface area contributed by atoms with E-state index in [2.05, 4.69) is 15.3 Å². The molecular formula is C19H14N4OS. The van der Waals surface area contributed by atoms with Crippen LogP contribution in [0.4, 0.5) is 5.95 Å². The van der Waals surface area contributed by atoms with E-state index in [-0.39, 0.29) is 5.91 Å². The highest BCUT2D eigenvalue weighted by atomic mass is 32.1. The molecule has 0 unspecified atom stereocenters. The lowest BCUT2D eigenvalue weighted by atomic mass is 10.2. The Labute approximate surface area is 148 Å². The van der Waals surface area contributed by atoms with E-state index in [1.54, 1.807) is 17.8 Å². The fourth-order valence-electron chi connectivity index (χ4n) is 2.45. The maximum Gasteiger partial charge on any atom is 0.277 e. The molecule has 1 N–H and O–H groups in total. The van der Waals surface area contributed by atoms with Gasteiger partial charge >= 0.3 is 0 Å². The van der Waals surface area contributed by atoms with Gasteiger partial charge in [-0.3, -0.25) is 14.7 Å². The molecule has 0 atom stereocenters. The SMILES string of the molecule is O=C(Nc1nccn1-c1ccccc1)c1csc(-c2ccccc2)n1. The molecule has 0 aliphatic heterocycles. The van der Waals surface area contributed by atoms with Crippen LogP contribution in [-0.2, 0) is 0 Å². The molecule has 2 aromatic carbocycles. The molecule has 2 aromatic heterocycles. The highest BCUT2D eigenvalue weighted by molar-refractivity contribution is 7.13. The fourth-order valence-corrected chi connectivity index (χ4v) is 3.26. The quantitative estimate of drug-likeness (QED) is 0.601. The molecule has 6 heteroatoms. The maximum absolute atomic E-state index is 12.5. The molecule has 5 nitrogen and oxygen atoms in total. The van der Waals surface area contributed by atoms with E-state index in [1.807, 2.05) is 65.2 Å². The lowest BCUT2D eigenvalue weighted by Crippen LogP contribution is -2.15. The van der Waals surface area contributed by atoms with Crippen molar-refractivity contribution in [3.63, 3.8) is 0 Å². The predicted molar refractivity (Wildman–Crippen MR) is 99.1 cm³/mol. The van der Waals surface area contributed by atoms with Crippen LogP contribution in [0, 0.1) is 0 Å². The summed E-state index contributed by atoms with van der Waals surface area (Å²) >= 11 is 1.45. The molecule has 0 bridgehead atoms. The Balaban J connectivity index is 1.56. The van der Waals surface area contributed by atoms with Gasteiger partial charge in [0.05, 0.1) is 0 Å². The molecule has 122 valence electrons. The zero-order valence-electron chi connectivity index (χ0n) is 13.2. The van der Waals surface area contributed by atoms with Crippen LogP contribution in [0.25, 0.3) is 16.3 Å². The summed E-state index contributed by atoms with van der Waals surface area (Å²) in [5, 5.41) is 5.40. The van der Waals surface area contributed by atoms with Crippen molar-refractivity contribution >= 4 is 23.2 Å². The van der Waals surface area contributed by atoms with E-state index in [9.17, 15) is 4.79 Å². The number of nitrogens with one attached hydrogen (secondary N) is 1. The highest BCUT2D eigenvalue weighted by Gasteiger charge is 2.14. The highest BCUT2D eigenvalue weighted by Crippen LogP contribution is 2.24. The van der Waals surface area contributed by atoms with Crippen molar-refractivity contribution in [2.75, 3.05) is 5.32 Å². The van der Waals surface area contributed by atoms with Crippen LogP contribution in [0.5, 0.6) is 0 Å². The van der Waals surface area contributed by atoms with E-state index in [1.165, 1.54) is 11.3 Å². The molecule has 2 heterocycles. The normalized spacial score (nSPS) is 10.6. The second-order valence-electron chi connectivity index (χ2n) is 5.31. The van der Waals surface area contributed by atoms with E-state index in [0.29, 0.717) is 11.6 Å². The summed E-state index contributed by atoms with van der Waals surface area (Å²) in [6.07, 6.45) is 3.46. The third-order valence-corrected chi connectivity index (χ3v) is 4.55. The molecule has 0 aliphatic rings. The van der Waals surface area contributed by atoms with Crippen LogP contribution in [0.1, 0.15) is 10.5 Å². The molecule has 0 aliphatic carbocycles. The van der Waals surface area contributed by atoms with Gasteiger partial charge in [0.25, 0.3) is 5.91 Å². The first-order chi connectivity index (χ1) is 12.3. The second kappa shape index (κ2) is 6.70.